The van der Waals surface area contributed by atoms with E-state index in [1.165, 1.54) is 0 Å². The highest BCUT2D eigenvalue weighted by Gasteiger charge is 2.22. The van der Waals surface area contributed by atoms with Gasteiger partial charge in [0.2, 0.25) is 0 Å². The zero-order valence-electron chi connectivity index (χ0n) is 10.8. The van der Waals surface area contributed by atoms with Crippen molar-refractivity contribution in [3.05, 3.63) is 46.7 Å². The number of aliphatic hydroxyl groups is 1. The maximum absolute atomic E-state index is 10.0. The lowest BCUT2D eigenvalue weighted by Gasteiger charge is -2.21. The van der Waals surface area contributed by atoms with E-state index in [1.807, 2.05) is 30.5 Å². The van der Waals surface area contributed by atoms with Crippen LogP contribution in [0.2, 0.25) is 5.02 Å². The number of ether oxygens (including phenoxy) is 1. The molecule has 4 heteroatoms. The van der Waals surface area contributed by atoms with Gasteiger partial charge in [0.25, 0.3) is 0 Å². The van der Waals surface area contributed by atoms with Crippen molar-refractivity contribution in [3.63, 3.8) is 0 Å². The molecule has 0 radical (unpaired) electrons. The maximum Gasteiger partial charge on any atom is 0.142 e. The van der Waals surface area contributed by atoms with Gasteiger partial charge in [0.15, 0.2) is 0 Å². The first-order chi connectivity index (χ1) is 9.20. The number of rotatable bonds is 2. The molecule has 2 aromatic rings. The van der Waals surface area contributed by atoms with Crippen LogP contribution >= 0.6 is 11.6 Å². The molecule has 0 aliphatic heterocycles. The van der Waals surface area contributed by atoms with Gasteiger partial charge in [0.05, 0.1) is 18.9 Å². The fraction of sp³-hybridized carbons (Fsp3) is 0.333. The Balaban J connectivity index is 2.15. The lowest BCUT2D eigenvalue weighted by atomic mass is 9.95. The van der Waals surface area contributed by atoms with Gasteiger partial charge in [0, 0.05) is 22.5 Å². The minimum atomic E-state index is -0.352. The van der Waals surface area contributed by atoms with Crippen LogP contribution in [-0.4, -0.2) is 16.8 Å². The molecule has 0 saturated heterocycles. The van der Waals surface area contributed by atoms with Crippen LogP contribution in [0.15, 0.2) is 30.5 Å². The summed E-state index contributed by atoms with van der Waals surface area (Å²) in [6.07, 6.45) is 4.43. The minimum Gasteiger partial charge on any atom is -0.495 e. The third-order valence-corrected chi connectivity index (χ3v) is 3.91. The summed E-state index contributed by atoms with van der Waals surface area (Å²) >= 11 is 6.08. The maximum atomic E-state index is 10.0. The standard InChI is InChI=1S/C15H16ClNO2/c1-19-15-6-5-10(16)9-13(15)17-8-7-11-12(17)3-2-4-14(11)18/h5-9,14,18H,2-4H2,1H3. The summed E-state index contributed by atoms with van der Waals surface area (Å²) in [5.74, 6) is 0.780. The summed E-state index contributed by atoms with van der Waals surface area (Å²) in [5.41, 5.74) is 3.10. The second-order valence-electron chi connectivity index (χ2n) is 4.81. The highest BCUT2D eigenvalue weighted by atomic mass is 35.5. The Morgan fingerprint density at radius 3 is 3.00 bits per heavy atom. The monoisotopic (exact) mass is 277 g/mol. The third kappa shape index (κ3) is 2.13. The molecular weight excluding hydrogens is 262 g/mol. The molecule has 3 rings (SSSR count). The molecule has 0 fully saturated rings. The first kappa shape index (κ1) is 12.6. The van der Waals surface area contributed by atoms with E-state index >= 15 is 0 Å². The second-order valence-corrected chi connectivity index (χ2v) is 5.25. The van der Waals surface area contributed by atoms with Crippen molar-refractivity contribution in [1.29, 1.82) is 0 Å². The van der Waals surface area contributed by atoms with Gasteiger partial charge in [-0.15, -0.1) is 0 Å². The number of methoxy groups -OCH3 is 1. The van der Waals surface area contributed by atoms with Crippen LogP contribution in [0.3, 0.4) is 0 Å². The zero-order chi connectivity index (χ0) is 13.4. The Bertz CT molecular complexity index is 606. The first-order valence-corrected chi connectivity index (χ1v) is 6.80. The first-order valence-electron chi connectivity index (χ1n) is 6.43. The molecule has 1 aliphatic rings. The average Bonchev–Trinajstić information content (AvgIpc) is 2.84. The van der Waals surface area contributed by atoms with E-state index in [1.54, 1.807) is 7.11 Å². The zero-order valence-corrected chi connectivity index (χ0v) is 11.5. The number of aromatic nitrogens is 1. The smallest absolute Gasteiger partial charge is 0.142 e. The van der Waals surface area contributed by atoms with E-state index in [2.05, 4.69) is 4.57 Å². The van der Waals surface area contributed by atoms with Crippen LogP contribution in [0.5, 0.6) is 5.75 Å². The number of halogens is 1. The highest BCUT2D eigenvalue weighted by Crippen LogP contribution is 2.35. The number of hydrogen-bond donors (Lipinski definition) is 1. The quantitative estimate of drug-likeness (QED) is 0.911. The van der Waals surface area contributed by atoms with Gasteiger partial charge in [-0.3, -0.25) is 0 Å². The predicted octanol–water partition coefficient (Wildman–Crippen LogP) is 3.51. The number of benzene rings is 1. The van der Waals surface area contributed by atoms with Gasteiger partial charge < -0.3 is 14.4 Å². The molecule has 0 bridgehead atoms. The minimum absolute atomic E-state index is 0.352. The van der Waals surface area contributed by atoms with Crippen LogP contribution in [0.25, 0.3) is 5.69 Å². The van der Waals surface area contributed by atoms with Crippen molar-refractivity contribution < 1.29 is 9.84 Å². The molecule has 1 N–H and O–H groups in total. The summed E-state index contributed by atoms with van der Waals surface area (Å²) in [6.45, 7) is 0. The van der Waals surface area contributed by atoms with Gasteiger partial charge in [-0.05, 0) is 43.5 Å². The largest absolute Gasteiger partial charge is 0.495 e. The van der Waals surface area contributed by atoms with Crippen LogP contribution in [0, 0.1) is 0 Å². The fourth-order valence-electron chi connectivity index (χ4n) is 2.74. The molecule has 1 aromatic carbocycles. The molecule has 100 valence electrons. The third-order valence-electron chi connectivity index (χ3n) is 3.68. The molecule has 19 heavy (non-hydrogen) atoms. The summed E-state index contributed by atoms with van der Waals surface area (Å²) in [6, 6.07) is 7.55. The van der Waals surface area contributed by atoms with Gasteiger partial charge in [-0.25, -0.2) is 0 Å². The Hall–Kier alpha value is -1.45. The molecule has 0 amide bonds. The van der Waals surface area contributed by atoms with Crippen molar-refractivity contribution >= 4 is 11.6 Å². The Morgan fingerprint density at radius 1 is 1.37 bits per heavy atom. The van der Waals surface area contributed by atoms with E-state index in [0.717, 1.165) is 42.0 Å². The van der Waals surface area contributed by atoms with Crippen molar-refractivity contribution in [2.24, 2.45) is 0 Å². The van der Waals surface area contributed by atoms with E-state index in [4.69, 9.17) is 16.3 Å². The fourth-order valence-corrected chi connectivity index (χ4v) is 2.91. The van der Waals surface area contributed by atoms with Crippen molar-refractivity contribution in [2.45, 2.75) is 25.4 Å². The molecule has 1 atom stereocenters. The molecule has 0 spiro atoms. The molecule has 1 heterocycles. The van der Waals surface area contributed by atoms with Gasteiger partial charge in [0.1, 0.15) is 5.75 Å². The number of hydrogen-bond acceptors (Lipinski definition) is 2. The Morgan fingerprint density at radius 2 is 2.21 bits per heavy atom. The van der Waals surface area contributed by atoms with Gasteiger partial charge in [-0.1, -0.05) is 11.6 Å². The van der Waals surface area contributed by atoms with E-state index in [9.17, 15) is 5.11 Å². The molecule has 1 aromatic heterocycles. The highest BCUT2D eigenvalue weighted by molar-refractivity contribution is 6.30. The Kier molecular flexibility index (Phi) is 3.25. The lowest BCUT2D eigenvalue weighted by molar-refractivity contribution is 0.156. The van der Waals surface area contributed by atoms with Crippen LogP contribution < -0.4 is 4.74 Å². The van der Waals surface area contributed by atoms with Crippen LogP contribution in [0.1, 0.15) is 30.2 Å². The molecule has 0 saturated carbocycles. The van der Waals surface area contributed by atoms with Crippen molar-refractivity contribution in [3.8, 4) is 11.4 Å². The second kappa shape index (κ2) is 4.91. The summed E-state index contributed by atoms with van der Waals surface area (Å²) in [7, 11) is 1.65. The summed E-state index contributed by atoms with van der Waals surface area (Å²) in [4.78, 5) is 0. The number of fused-ring (bicyclic) bond motifs is 1. The SMILES string of the molecule is COc1ccc(Cl)cc1-n1ccc2c1CCCC2O. The topological polar surface area (TPSA) is 34.4 Å². The molecule has 1 aliphatic carbocycles. The number of nitrogens with zero attached hydrogens (tertiary/aromatic N) is 1. The molecular formula is C15H16ClNO2. The average molecular weight is 278 g/mol. The van der Waals surface area contributed by atoms with Gasteiger partial charge >= 0.3 is 0 Å². The number of aliphatic hydroxyl groups excluding tert-OH is 1. The summed E-state index contributed by atoms with van der Waals surface area (Å²) in [5, 5.41) is 10.7. The van der Waals surface area contributed by atoms with Crippen molar-refractivity contribution in [2.75, 3.05) is 7.11 Å². The predicted molar refractivity (Wildman–Crippen MR) is 75.2 cm³/mol. The lowest BCUT2D eigenvalue weighted by Crippen LogP contribution is -2.11. The van der Waals surface area contributed by atoms with Crippen molar-refractivity contribution in [1.82, 2.24) is 4.57 Å². The van der Waals surface area contributed by atoms with E-state index in [0.29, 0.717) is 5.02 Å². The van der Waals surface area contributed by atoms with Crippen LogP contribution in [0.4, 0.5) is 0 Å². The molecule has 3 nitrogen and oxygen atoms in total. The Labute approximate surface area is 117 Å². The van der Waals surface area contributed by atoms with E-state index < -0.39 is 0 Å². The van der Waals surface area contributed by atoms with Crippen LogP contribution in [-0.2, 0) is 6.42 Å². The normalized spacial score (nSPS) is 18.2. The molecule has 1 unspecified atom stereocenters. The summed E-state index contributed by atoms with van der Waals surface area (Å²) < 4.78 is 7.47. The van der Waals surface area contributed by atoms with Gasteiger partial charge in [-0.2, -0.15) is 0 Å². The van der Waals surface area contributed by atoms with E-state index in [-0.39, 0.29) is 6.10 Å².